The summed E-state index contributed by atoms with van der Waals surface area (Å²) in [5.41, 5.74) is 2.78. The highest BCUT2D eigenvalue weighted by atomic mass is 15.5. The van der Waals surface area contributed by atoms with Crippen molar-refractivity contribution < 1.29 is 0 Å². The van der Waals surface area contributed by atoms with Gasteiger partial charge in [0.2, 0.25) is 0 Å². The second kappa shape index (κ2) is 2.91. The number of aromatic nitrogens is 1. The molecule has 0 atom stereocenters. The second-order valence-corrected chi connectivity index (χ2v) is 3.56. The van der Waals surface area contributed by atoms with Crippen LogP contribution in [0.5, 0.6) is 0 Å². The van der Waals surface area contributed by atoms with Gasteiger partial charge in [-0.2, -0.15) is 0 Å². The number of para-hydroxylation sites is 1. The quantitative estimate of drug-likeness (QED) is 0.660. The standard InChI is InChI=1S/C12H12N2/c1-2-6-12-11(5-1)7-10-14(12)13-8-3-4-9-13/h1-6,8-9H,7,10H2. The summed E-state index contributed by atoms with van der Waals surface area (Å²) in [6.07, 6.45) is 5.32. The van der Waals surface area contributed by atoms with Gasteiger partial charge in [-0.25, -0.2) is 0 Å². The lowest BCUT2D eigenvalue weighted by Gasteiger charge is -2.20. The van der Waals surface area contributed by atoms with Crippen LogP contribution in [0.3, 0.4) is 0 Å². The molecule has 1 aromatic heterocycles. The van der Waals surface area contributed by atoms with Crippen LogP contribution in [-0.2, 0) is 6.42 Å². The average Bonchev–Trinajstić information content (AvgIpc) is 2.85. The number of hydrogen-bond donors (Lipinski definition) is 0. The Bertz CT molecular complexity index is 431. The maximum Gasteiger partial charge on any atom is 0.0610 e. The molecule has 2 nitrogen and oxygen atoms in total. The summed E-state index contributed by atoms with van der Waals surface area (Å²) in [4.78, 5) is 0. The number of fused-ring (bicyclic) bond motifs is 1. The molecule has 1 aliphatic rings. The molecule has 0 N–H and O–H groups in total. The normalized spacial score (nSPS) is 14.4. The Morgan fingerprint density at radius 1 is 0.929 bits per heavy atom. The smallest absolute Gasteiger partial charge is 0.0610 e. The Morgan fingerprint density at radius 2 is 1.71 bits per heavy atom. The minimum absolute atomic E-state index is 1.08. The predicted octanol–water partition coefficient (Wildman–Crippen LogP) is 2.31. The van der Waals surface area contributed by atoms with Crippen LogP contribution in [-0.4, -0.2) is 11.2 Å². The van der Waals surface area contributed by atoms with Crippen molar-refractivity contribution in [2.45, 2.75) is 6.42 Å². The van der Waals surface area contributed by atoms with E-state index in [1.165, 1.54) is 11.3 Å². The van der Waals surface area contributed by atoms with Crippen LogP contribution in [0.25, 0.3) is 0 Å². The van der Waals surface area contributed by atoms with Crippen molar-refractivity contribution >= 4 is 5.69 Å². The van der Waals surface area contributed by atoms with Gasteiger partial charge < -0.3 is 0 Å². The van der Waals surface area contributed by atoms with Gasteiger partial charge >= 0.3 is 0 Å². The molecule has 0 fully saturated rings. The maximum atomic E-state index is 2.30. The van der Waals surface area contributed by atoms with Crippen LogP contribution in [0.1, 0.15) is 5.56 Å². The molecule has 2 aromatic rings. The Kier molecular flexibility index (Phi) is 1.60. The van der Waals surface area contributed by atoms with Gasteiger partial charge in [0.05, 0.1) is 5.69 Å². The topological polar surface area (TPSA) is 8.17 Å². The third-order valence-electron chi connectivity index (χ3n) is 2.73. The molecule has 1 aromatic carbocycles. The summed E-state index contributed by atoms with van der Waals surface area (Å²) in [5.74, 6) is 0. The molecular formula is C12H12N2. The lowest BCUT2D eigenvalue weighted by Crippen LogP contribution is -2.25. The van der Waals surface area contributed by atoms with Gasteiger partial charge in [0.15, 0.2) is 0 Å². The summed E-state index contributed by atoms with van der Waals surface area (Å²) in [6.45, 7) is 1.08. The van der Waals surface area contributed by atoms with Crippen molar-refractivity contribution in [3.05, 3.63) is 54.4 Å². The minimum atomic E-state index is 1.08. The van der Waals surface area contributed by atoms with Crippen molar-refractivity contribution in [1.29, 1.82) is 0 Å². The van der Waals surface area contributed by atoms with E-state index in [2.05, 4.69) is 58.5 Å². The first-order chi connectivity index (χ1) is 6.95. The number of anilines is 1. The summed E-state index contributed by atoms with van der Waals surface area (Å²) in [5, 5.41) is 2.30. The zero-order valence-electron chi connectivity index (χ0n) is 7.93. The van der Waals surface area contributed by atoms with E-state index in [4.69, 9.17) is 0 Å². The Hall–Kier alpha value is -1.70. The summed E-state index contributed by atoms with van der Waals surface area (Å²) in [6, 6.07) is 12.7. The molecule has 0 unspecified atom stereocenters. The fourth-order valence-electron chi connectivity index (χ4n) is 2.05. The molecular weight excluding hydrogens is 172 g/mol. The molecule has 2 heteroatoms. The molecule has 0 radical (unpaired) electrons. The molecule has 0 aliphatic carbocycles. The molecule has 70 valence electrons. The number of rotatable bonds is 1. The molecule has 0 amide bonds. The van der Waals surface area contributed by atoms with Crippen molar-refractivity contribution in [1.82, 2.24) is 4.68 Å². The molecule has 1 aliphatic heterocycles. The van der Waals surface area contributed by atoms with Gasteiger partial charge in [0.25, 0.3) is 0 Å². The third-order valence-corrected chi connectivity index (χ3v) is 2.73. The van der Waals surface area contributed by atoms with Gasteiger partial charge in [0, 0.05) is 18.9 Å². The molecule has 0 bridgehead atoms. The SMILES string of the molecule is c1ccc2c(c1)CCN2n1cccc1. The van der Waals surface area contributed by atoms with E-state index in [0.717, 1.165) is 13.0 Å². The highest BCUT2D eigenvalue weighted by Crippen LogP contribution is 2.27. The molecule has 0 spiro atoms. The van der Waals surface area contributed by atoms with Gasteiger partial charge in [-0.15, -0.1) is 0 Å². The van der Waals surface area contributed by atoms with Gasteiger partial charge in [0.1, 0.15) is 0 Å². The number of nitrogens with zero attached hydrogens (tertiary/aromatic N) is 2. The van der Waals surface area contributed by atoms with Crippen molar-refractivity contribution in [2.24, 2.45) is 0 Å². The van der Waals surface area contributed by atoms with Crippen molar-refractivity contribution in [3.63, 3.8) is 0 Å². The van der Waals surface area contributed by atoms with Crippen LogP contribution in [0.2, 0.25) is 0 Å². The van der Waals surface area contributed by atoms with Crippen LogP contribution in [0.15, 0.2) is 48.8 Å². The van der Waals surface area contributed by atoms with E-state index in [9.17, 15) is 0 Å². The molecule has 0 saturated heterocycles. The zero-order chi connectivity index (χ0) is 9.38. The second-order valence-electron chi connectivity index (χ2n) is 3.56. The largest absolute Gasteiger partial charge is 0.281 e. The van der Waals surface area contributed by atoms with Gasteiger partial charge in [-0.05, 0) is 30.2 Å². The highest BCUT2D eigenvalue weighted by molar-refractivity contribution is 5.57. The third kappa shape index (κ3) is 1.04. The summed E-state index contributed by atoms with van der Waals surface area (Å²) >= 11 is 0. The minimum Gasteiger partial charge on any atom is -0.281 e. The molecule has 3 rings (SSSR count). The van der Waals surface area contributed by atoms with Crippen molar-refractivity contribution in [3.8, 4) is 0 Å². The molecule has 0 saturated carbocycles. The van der Waals surface area contributed by atoms with Crippen LogP contribution >= 0.6 is 0 Å². The highest BCUT2D eigenvalue weighted by Gasteiger charge is 2.18. The van der Waals surface area contributed by atoms with E-state index in [1.807, 2.05) is 0 Å². The van der Waals surface area contributed by atoms with E-state index in [1.54, 1.807) is 0 Å². The predicted molar refractivity (Wildman–Crippen MR) is 57.3 cm³/mol. The van der Waals surface area contributed by atoms with Gasteiger partial charge in [-0.1, -0.05) is 18.2 Å². The van der Waals surface area contributed by atoms with E-state index >= 15 is 0 Å². The average molecular weight is 184 g/mol. The van der Waals surface area contributed by atoms with E-state index < -0.39 is 0 Å². The fraction of sp³-hybridized carbons (Fsp3) is 0.167. The Labute approximate surface area is 83.4 Å². The summed E-state index contributed by atoms with van der Waals surface area (Å²) in [7, 11) is 0. The zero-order valence-corrected chi connectivity index (χ0v) is 7.93. The van der Waals surface area contributed by atoms with Crippen LogP contribution < -0.4 is 5.01 Å². The van der Waals surface area contributed by atoms with Crippen molar-refractivity contribution in [2.75, 3.05) is 11.6 Å². The molecule has 2 heterocycles. The first-order valence-corrected chi connectivity index (χ1v) is 4.94. The number of benzene rings is 1. The van der Waals surface area contributed by atoms with E-state index in [0.29, 0.717) is 0 Å². The Balaban J connectivity index is 2.06. The van der Waals surface area contributed by atoms with Crippen LogP contribution in [0, 0.1) is 0 Å². The van der Waals surface area contributed by atoms with E-state index in [-0.39, 0.29) is 0 Å². The van der Waals surface area contributed by atoms with Crippen LogP contribution in [0.4, 0.5) is 5.69 Å². The summed E-state index contributed by atoms with van der Waals surface area (Å²) < 4.78 is 2.14. The fourth-order valence-corrected chi connectivity index (χ4v) is 2.05. The number of hydrogen-bond acceptors (Lipinski definition) is 1. The first-order valence-electron chi connectivity index (χ1n) is 4.94. The first kappa shape index (κ1) is 7.68. The Morgan fingerprint density at radius 3 is 2.57 bits per heavy atom. The monoisotopic (exact) mass is 184 g/mol. The van der Waals surface area contributed by atoms with Gasteiger partial charge in [-0.3, -0.25) is 9.69 Å². The molecule has 14 heavy (non-hydrogen) atoms. The lowest BCUT2D eigenvalue weighted by atomic mass is 10.2. The maximum absolute atomic E-state index is 2.30. The lowest BCUT2D eigenvalue weighted by molar-refractivity contribution is 0.725.